The van der Waals surface area contributed by atoms with Gasteiger partial charge < -0.3 is 10.2 Å². The Morgan fingerprint density at radius 1 is 1.21 bits per heavy atom. The van der Waals surface area contributed by atoms with Crippen LogP contribution < -0.4 is 5.32 Å². The maximum Gasteiger partial charge on any atom is 0.0249 e. The summed E-state index contributed by atoms with van der Waals surface area (Å²) < 4.78 is 0. The lowest BCUT2D eigenvalue weighted by Crippen LogP contribution is -2.53. The van der Waals surface area contributed by atoms with Crippen LogP contribution in [0.1, 0.15) is 25.7 Å². The maximum absolute atomic E-state index is 3.56. The molecule has 3 fully saturated rings. The topological polar surface area (TPSA) is 15.3 Å². The minimum atomic E-state index is 0.846. The SMILES string of the molecule is CN1CCNCC1C1CC2CCC1C2. The molecule has 0 amide bonds. The van der Waals surface area contributed by atoms with Gasteiger partial charge in [0.1, 0.15) is 0 Å². The van der Waals surface area contributed by atoms with Crippen molar-refractivity contribution in [1.82, 2.24) is 10.2 Å². The zero-order valence-corrected chi connectivity index (χ0v) is 9.21. The van der Waals surface area contributed by atoms with E-state index in [2.05, 4.69) is 17.3 Å². The molecule has 3 rings (SSSR count). The van der Waals surface area contributed by atoms with Crippen LogP contribution in [0.2, 0.25) is 0 Å². The number of rotatable bonds is 1. The first kappa shape index (κ1) is 9.17. The lowest BCUT2D eigenvalue weighted by atomic mass is 9.82. The van der Waals surface area contributed by atoms with Crippen molar-refractivity contribution < 1.29 is 0 Å². The van der Waals surface area contributed by atoms with E-state index in [9.17, 15) is 0 Å². The minimum Gasteiger partial charge on any atom is -0.314 e. The summed E-state index contributed by atoms with van der Waals surface area (Å²) >= 11 is 0. The zero-order valence-electron chi connectivity index (χ0n) is 9.21. The molecular formula is C12H22N2. The summed E-state index contributed by atoms with van der Waals surface area (Å²) in [5.74, 6) is 3.19. The smallest absolute Gasteiger partial charge is 0.0249 e. The van der Waals surface area contributed by atoms with Crippen molar-refractivity contribution in [2.24, 2.45) is 17.8 Å². The molecule has 2 saturated carbocycles. The van der Waals surface area contributed by atoms with Crippen LogP contribution in [-0.4, -0.2) is 37.6 Å². The molecule has 1 heterocycles. The maximum atomic E-state index is 3.56. The zero-order chi connectivity index (χ0) is 9.54. The molecule has 2 bridgehead atoms. The van der Waals surface area contributed by atoms with E-state index in [4.69, 9.17) is 0 Å². The average Bonchev–Trinajstić information content (AvgIpc) is 2.79. The van der Waals surface area contributed by atoms with Gasteiger partial charge in [0.2, 0.25) is 0 Å². The van der Waals surface area contributed by atoms with Gasteiger partial charge in [-0.2, -0.15) is 0 Å². The molecule has 1 aliphatic heterocycles. The van der Waals surface area contributed by atoms with E-state index in [0.717, 1.165) is 23.8 Å². The standard InChI is InChI=1S/C12H22N2/c1-14-5-4-13-8-12(14)11-7-9-2-3-10(11)6-9/h9-13H,2-8H2,1H3. The third-order valence-electron chi connectivity index (χ3n) is 4.85. The van der Waals surface area contributed by atoms with E-state index in [1.165, 1.54) is 38.9 Å². The molecule has 4 atom stereocenters. The first-order valence-corrected chi connectivity index (χ1v) is 6.25. The van der Waals surface area contributed by atoms with Crippen LogP contribution in [0.4, 0.5) is 0 Å². The molecule has 0 aromatic carbocycles. The molecule has 4 unspecified atom stereocenters. The van der Waals surface area contributed by atoms with E-state index in [0.29, 0.717) is 0 Å². The van der Waals surface area contributed by atoms with Gasteiger partial charge in [-0.05, 0) is 44.1 Å². The van der Waals surface area contributed by atoms with Gasteiger partial charge in [-0.3, -0.25) is 0 Å². The summed E-state index contributed by atoms with van der Waals surface area (Å²) in [4.78, 5) is 2.60. The molecule has 0 aromatic heterocycles. The predicted octanol–water partition coefficient (Wildman–Crippen LogP) is 1.33. The summed E-state index contributed by atoms with van der Waals surface area (Å²) in [7, 11) is 2.32. The van der Waals surface area contributed by atoms with Crippen LogP contribution in [-0.2, 0) is 0 Å². The molecule has 1 N–H and O–H groups in total. The fourth-order valence-corrected chi connectivity index (χ4v) is 4.07. The Morgan fingerprint density at radius 3 is 2.79 bits per heavy atom. The number of likely N-dealkylation sites (N-methyl/N-ethyl adjacent to an activating group) is 1. The summed E-state index contributed by atoms with van der Waals surface area (Å²) in [5, 5.41) is 3.56. The van der Waals surface area contributed by atoms with Crippen LogP contribution in [0, 0.1) is 17.8 Å². The van der Waals surface area contributed by atoms with Crippen molar-refractivity contribution in [1.29, 1.82) is 0 Å². The Hall–Kier alpha value is -0.0800. The van der Waals surface area contributed by atoms with Gasteiger partial charge in [0.25, 0.3) is 0 Å². The Bertz CT molecular complexity index is 216. The fourth-order valence-electron chi connectivity index (χ4n) is 4.07. The third-order valence-corrected chi connectivity index (χ3v) is 4.85. The first-order chi connectivity index (χ1) is 6.84. The van der Waals surface area contributed by atoms with Crippen molar-refractivity contribution in [2.45, 2.75) is 31.7 Å². The van der Waals surface area contributed by atoms with Crippen LogP contribution in [0.3, 0.4) is 0 Å². The Labute approximate surface area is 87.0 Å². The van der Waals surface area contributed by atoms with Crippen molar-refractivity contribution in [2.75, 3.05) is 26.7 Å². The van der Waals surface area contributed by atoms with Gasteiger partial charge >= 0.3 is 0 Å². The predicted molar refractivity (Wildman–Crippen MR) is 58.2 cm³/mol. The second kappa shape index (κ2) is 3.49. The van der Waals surface area contributed by atoms with Crippen LogP contribution in [0.5, 0.6) is 0 Å². The minimum absolute atomic E-state index is 0.846. The number of fused-ring (bicyclic) bond motifs is 2. The molecule has 2 heteroatoms. The molecule has 14 heavy (non-hydrogen) atoms. The summed E-state index contributed by atoms with van der Waals surface area (Å²) in [6.45, 7) is 3.68. The van der Waals surface area contributed by atoms with Crippen molar-refractivity contribution >= 4 is 0 Å². The fraction of sp³-hybridized carbons (Fsp3) is 1.00. The Balaban J connectivity index is 1.69. The summed E-state index contributed by atoms with van der Waals surface area (Å²) in [6.07, 6.45) is 6.14. The highest BCUT2D eigenvalue weighted by molar-refractivity contribution is 4.97. The second-order valence-corrected chi connectivity index (χ2v) is 5.59. The third kappa shape index (κ3) is 1.40. The van der Waals surface area contributed by atoms with Gasteiger partial charge in [-0.15, -0.1) is 0 Å². The van der Waals surface area contributed by atoms with E-state index in [1.807, 2.05) is 0 Å². The number of piperazine rings is 1. The largest absolute Gasteiger partial charge is 0.314 e. The van der Waals surface area contributed by atoms with Crippen molar-refractivity contribution in [3.8, 4) is 0 Å². The van der Waals surface area contributed by atoms with Crippen molar-refractivity contribution in [3.63, 3.8) is 0 Å². The summed E-state index contributed by atoms with van der Waals surface area (Å²) in [6, 6.07) is 0.846. The van der Waals surface area contributed by atoms with Gasteiger partial charge in [0, 0.05) is 25.7 Å². The molecule has 2 nitrogen and oxygen atoms in total. The van der Waals surface area contributed by atoms with Gasteiger partial charge in [-0.25, -0.2) is 0 Å². The average molecular weight is 194 g/mol. The lowest BCUT2D eigenvalue weighted by Gasteiger charge is -2.40. The Kier molecular flexibility index (Phi) is 2.29. The molecular weight excluding hydrogens is 172 g/mol. The van der Waals surface area contributed by atoms with Crippen molar-refractivity contribution in [3.05, 3.63) is 0 Å². The molecule has 0 aromatic rings. The molecule has 1 saturated heterocycles. The number of hydrogen-bond donors (Lipinski definition) is 1. The molecule has 0 radical (unpaired) electrons. The molecule has 80 valence electrons. The quantitative estimate of drug-likeness (QED) is 0.677. The molecule has 0 spiro atoms. The number of nitrogens with one attached hydrogen (secondary N) is 1. The highest BCUT2D eigenvalue weighted by atomic mass is 15.2. The number of nitrogens with zero attached hydrogens (tertiary/aromatic N) is 1. The van der Waals surface area contributed by atoms with Gasteiger partial charge in [0.15, 0.2) is 0 Å². The highest BCUT2D eigenvalue weighted by Gasteiger charge is 2.44. The molecule has 3 aliphatic rings. The lowest BCUT2D eigenvalue weighted by molar-refractivity contribution is 0.108. The number of hydrogen-bond acceptors (Lipinski definition) is 2. The van der Waals surface area contributed by atoms with Crippen LogP contribution in [0.15, 0.2) is 0 Å². The van der Waals surface area contributed by atoms with E-state index in [-0.39, 0.29) is 0 Å². The van der Waals surface area contributed by atoms with Gasteiger partial charge in [-0.1, -0.05) is 6.42 Å². The highest BCUT2D eigenvalue weighted by Crippen LogP contribution is 2.50. The van der Waals surface area contributed by atoms with E-state index >= 15 is 0 Å². The molecule has 2 aliphatic carbocycles. The van der Waals surface area contributed by atoms with Crippen LogP contribution >= 0.6 is 0 Å². The Morgan fingerprint density at radius 2 is 2.14 bits per heavy atom. The monoisotopic (exact) mass is 194 g/mol. The normalized spacial score (nSPS) is 48.6. The van der Waals surface area contributed by atoms with E-state index in [1.54, 1.807) is 6.42 Å². The first-order valence-electron chi connectivity index (χ1n) is 6.25. The summed E-state index contributed by atoms with van der Waals surface area (Å²) in [5.41, 5.74) is 0. The van der Waals surface area contributed by atoms with E-state index < -0.39 is 0 Å². The van der Waals surface area contributed by atoms with Gasteiger partial charge in [0.05, 0.1) is 0 Å². The van der Waals surface area contributed by atoms with Crippen LogP contribution in [0.25, 0.3) is 0 Å². The second-order valence-electron chi connectivity index (χ2n) is 5.59.